The van der Waals surface area contributed by atoms with Crippen molar-refractivity contribution in [3.8, 4) is 0 Å². The molecule has 0 aliphatic rings. The number of rotatable bonds is 4. The fourth-order valence-electron chi connectivity index (χ4n) is 1.68. The van der Waals surface area contributed by atoms with Crippen molar-refractivity contribution in [3.63, 3.8) is 0 Å². The van der Waals surface area contributed by atoms with Crippen molar-refractivity contribution in [2.75, 3.05) is 0 Å². The van der Waals surface area contributed by atoms with Crippen molar-refractivity contribution >= 4 is 16.7 Å². The highest BCUT2D eigenvalue weighted by Gasteiger charge is 2.04. The molecule has 0 atom stereocenters. The Balaban J connectivity index is 2.20. The van der Waals surface area contributed by atoms with Crippen molar-refractivity contribution in [1.82, 2.24) is 10.2 Å². The molecule has 4 heteroatoms. The number of hydrogen-bond donors (Lipinski definition) is 1. The minimum atomic E-state index is -0.770. The molecule has 1 aromatic carbocycles. The standard InChI is InChI=1S/C12H12N2O2/c15-12(16)7-3-6-11-10-5-2-1-4-9(10)8-13-14-11/h1-2,4-5,8H,3,6-7H2,(H,15,16). The van der Waals surface area contributed by atoms with E-state index in [4.69, 9.17) is 5.11 Å². The number of aryl methyl sites for hydroxylation is 1. The molecule has 2 rings (SSSR count). The van der Waals surface area contributed by atoms with E-state index in [0.29, 0.717) is 12.8 Å². The van der Waals surface area contributed by atoms with Crippen molar-refractivity contribution in [3.05, 3.63) is 36.2 Å². The second-order valence-corrected chi connectivity index (χ2v) is 3.63. The Kier molecular flexibility index (Phi) is 3.10. The molecular formula is C12H12N2O2. The smallest absolute Gasteiger partial charge is 0.303 e. The van der Waals surface area contributed by atoms with Crippen LogP contribution in [-0.4, -0.2) is 21.3 Å². The predicted octanol–water partition coefficient (Wildman–Crippen LogP) is 2.04. The number of carboxylic acids is 1. The molecule has 0 saturated carbocycles. The summed E-state index contributed by atoms with van der Waals surface area (Å²) in [7, 11) is 0. The van der Waals surface area contributed by atoms with Gasteiger partial charge in [-0.15, -0.1) is 0 Å². The Morgan fingerprint density at radius 2 is 2.12 bits per heavy atom. The molecule has 0 fully saturated rings. The third-order valence-corrected chi connectivity index (χ3v) is 2.45. The molecule has 0 aliphatic heterocycles. The van der Waals surface area contributed by atoms with Crippen LogP contribution in [0.2, 0.25) is 0 Å². The summed E-state index contributed by atoms with van der Waals surface area (Å²) in [6.07, 6.45) is 3.14. The summed E-state index contributed by atoms with van der Waals surface area (Å²) in [4.78, 5) is 10.4. The van der Waals surface area contributed by atoms with Gasteiger partial charge in [0.2, 0.25) is 0 Å². The van der Waals surface area contributed by atoms with Crippen LogP contribution in [0.25, 0.3) is 10.8 Å². The van der Waals surface area contributed by atoms with E-state index >= 15 is 0 Å². The van der Waals surface area contributed by atoms with E-state index in [0.717, 1.165) is 16.5 Å². The minimum absolute atomic E-state index is 0.172. The molecule has 82 valence electrons. The number of nitrogens with zero attached hydrogens (tertiary/aromatic N) is 2. The molecule has 2 aromatic rings. The van der Waals surface area contributed by atoms with Crippen molar-refractivity contribution < 1.29 is 9.90 Å². The van der Waals surface area contributed by atoms with Gasteiger partial charge >= 0.3 is 5.97 Å². The molecule has 0 radical (unpaired) electrons. The van der Waals surface area contributed by atoms with Crippen LogP contribution >= 0.6 is 0 Å². The van der Waals surface area contributed by atoms with Gasteiger partial charge in [0, 0.05) is 17.2 Å². The second kappa shape index (κ2) is 4.70. The summed E-state index contributed by atoms with van der Waals surface area (Å²) < 4.78 is 0. The molecular weight excluding hydrogens is 204 g/mol. The lowest BCUT2D eigenvalue weighted by Crippen LogP contribution is -1.99. The average molecular weight is 216 g/mol. The highest BCUT2D eigenvalue weighted by Crippen LogP contribution is 2.16. The van der Waals surface area contributed by atoms with E-state index in [2.05, 4.69) is 10.2 Å². The highest BCUT2D eigenvalue weighted by molar-refractivity contribution is 5.83. The summed E-state index contributed by atoms with van der Waals surface area (Å²) in [5, 5.41) is 18.6. The van der Waals surface area contributed by atoms with Gasteiger partial charge in [-0.05, 0) is 12.8 Å². The van der Waals surface area contributed by atoms with Crippen LogP contribution in [0.15, 0.2) is 30.5 Å². The van der Waals surface area contributed by atoms with Gasteiger partial charge in [-0.3, -0.25) is 4.79 Å². The molecule has 0 bridgehead atoms. The topological polar surface area (TPSA) is 63.1 Å². The maximum Gasteiger partial charge on any atom is 0.303 e. The van der Waals surface area contributed by atoms with Gasteiger partial charge in [0.1, 0.15) is 0 Å². The summed E-state index contributed by atoms with van der Waals surface area (Å²) in [5.74, 6) is -0.770. The third-order valence-electron chi connectivity index (χ3n) is 2.45. The number of benzene rings is 1. The van der Waals surface area contributed by atoms with Crippen LogP contribution in [-0.2, 0) is 11.2 Å². The number of carbonyl (C=O) groups is 1. The lowest BCUT2D eigenvalue weighted by atomic mass is 10.1. The van der Waals surface area contributed by atoms with E-state index in [1.54, 1.807) is 6.20 Å². The zero-order chi connectivity index (χ0) is 11.4. The van der Waals surface area contributed by atoms with Crippen LogP contribution in [0.3, 0.4) is 0 Å². The third kappa shape index (κ3) is 2.34. The molecule has 0 amide bonds. The second-order valence-electron chi connectivity index (χ2n) is 3.63. The SMILES string of the molecule is O=C(O)CCCc1nncc2ccccc12. The van der Waals surface area contributed by atoms with E-state index in [-0.39, 0.29) is 6.42 Å². The summed E-state index contributed by atoms with van der Waals surface area (Å²) in [6.45, 7) is 0. The van der Waals surface area contributed by atoms with Gasteiger partial charge < -0.3 is 5.11 Å². The van der Waals surface area contributed by atoms with Crippen molar-refractivity contribution in [2.24, 2.45) is 0 Å². The number of hydrogen-bond acceptors (Lipinski definition) is 3. The fourth-order valence-corrected chi connectivity index (χ4v) is 1.68. The Hall–Kier alpha value is -1.97. The Morgan fingerprint density at radius 3 is 2.94 bits per heavy atom. The van der Waals surface area contributed by atoms with E-state index < -0.39 is 5.97 Å². The van der Waals surface area contributed by atoms with E-state index in [1.165, 1.54) is 0 Å². The van der Waals surface area contributed by atoms with Gasteiger partial charge in [0.15, 0.2) is 0 Å². The van der Waals surface area contributed by atoms with E-state index in [1.807, 2.05) is 24.3 Å². The van der Waals surface area contributed by atoms with Gasteiger partial charge in [-0.2, -0.15) is 10.2 Å². The Morgan fingerprint density at radius 1 is 1.31 bits per heavy atom. The molecule has 1 N–H and O–H groups in total. The van der Waals surface area contributed by atoms with Crippen LogP contribution in [0.4, 0.5) is 0 Å². The summed E-state index contributed by atoms with van der Waals surface area (Å²) >= 11 is 0. The van der Waals surface area contributed by atoms with Gasteiger partial charge in [0.05, 0.1) is 11.9 Å². The lowest BCUT2D eigenvalue weighted by molar-refractivity contribution is -0.137. The maximum atomic E-state index is 10.4. The quantitative estimate of drug-likeness (QED) is 0.849. The number of fused-ring (bicyclic) bond motifs is 1. The van der Waals surface area contributed by atoms with E-state index in [9.17, 15) is 4.79 Å². The first-order valence-corrected chi connectivity index (χ1v) is 5.18. The van der Waals surface area contributed by atoms with Gasteiger partial charge in [-0.1, -0.05) is 24.3 Å². The largest absolute Gasteiger partial charge is 0.481 e. The van der Waals surface area contributed by atoms with Gasteiger partial charge in [-0.25, -0.2) is 0 Å². The molecule has 0 saturated heterocycles. The molecule has 4 nitrogen and oxygen atoms in total. The molecule has 16 heavy (non-hydrogen) atoms. The minimum Gasteiger partial charge on any atom is -0.481 e. The maximum absolute atomic E-state index is 10.4. The molecule has 0 unspecified atom stereocenters. The zero-order valence-corrected chi connectivity index (χ0v) is 8.76. The van der Waals surface area contributed by atoms with Crippen LogP contribution < -0.4 is 0 Å². The molecule has 0 aliphatic carbocycles. The first-order valence-electron chi connectivity index (χ1n) is 5.18. The number of aliphatic carboxylic acids is 1. The molecule has 1 heterocycles. The monoisotopic (exact) mass is 216 g/mol. The van der Waals surface area contributed by atoms with Crippen LogP contribution in [0.5, 0.6) is 0 Å². The Bertz CT molecular complexity index is 506. The average Bonchev–Trinajstić information content (AvgIpc) is 2.29. The predicted molar refractivity (Wildman–Crippen MR) is 60.1 cm³/mol. The van der Waals surface area contributed by atoms with Gasteiger partial charge in [0.25, 0.3) is 0 Å². The summed E-state index contributed by atoms with van der Waals surface area (Å²) in [6, 6.07) is 7.86. The van der Waals surface area contributed by atoms with Crippen molar-refractivity contribution in [2.45, 2.75) is 19.3 Å². The number of aromatic nitrogens is 2. The normalized spacial score (nSPS) is 10.5. The Labute approximate surface area is 92.9 Å². The molecule has 1 aromatic heterocycles. The van der Waals surface area contributed by atoms with Crippen molar-refractivity contribution in [1.29, 1.82) is 0 Å². The summed E-state index contributed by atoms with van der Waals surface area (Å²) in [5.41, 5.74) is 0.874. The number of carboxylic acid groups (broad SMARTS) is 1. The van der Waals surface area contributed by atoms with Crippen LogP contribution in [0.1, 0.15) is 18.5 Å². The molecule has 0 spiro atoms. The first-order chi connectivity index (χ1) is 7.77. The fraction of sp³-hybridized carbons (Fsp3) is 0.250. The highest BCUT2D eigenvalue weighted by atomic mass is 16.4. The zero-order valence-electron chi connectivity index (χ0n) is 8.76. The lowest BCUT2D eigenvalue weighted by Gasteiger charge is -2.02. The first kappa shape index (κ1) is 10.5. The van der Waals surface area contributed by atoms with Crippen LogP contribution in [0, 0.1) is 0 Å².